The van der Waals surface area contributed by atoms with Crippen LogP contribution in [-0.2, 0) is 0 Å². The predicted molar refractivity (Wildman–Crippen MR) is 85.2 cm³/mol. The molecule has 0 unspecified atom stereocenters. The third-order valence-electron chi connectivity index (χ3n) is 3.08. The van der Waals surface area contributed by atoms with Gasteiger partial charge in [-0.15, -0.1) is 0 Å². The molecule has 2 rings (SSSR count). The second-order valence-corrected chi connectivity index (χ2v) is 4.63. The number of halogens is 2. The zero-order valence-electron chi connectivity index (χ0n) is 13.2. The van der Waals surface area contributed by atoms with Crippen molar-refractivity contribution >= 4 is 11.6 Å². The van der Waals surface area contributed by atoms with Crippen molar-refractivity contribution < 1.29 is 27.8 Å². The number of methoxy groups -OCH3 is 1. The van der Waals surface area contributed by atoms with Gasteiger partial charge in [0, 0.05) is 5.56 Å². The van der Waals surface area contributed by atoms with Gasteiger partial charge in [0.1, 0.15) is 5.75 Å². The molecule has 2 aromatic carbocycles. The van der Waals surface area contributed by atoms with Gasteiger partial charge in [-0.3, -0.25) is 4.79 Å². The number of anilines is 1. The Kier molecular flexibility index (Phi) is 5.95. The van der Waals surface area contributed by atoms with Crippen molar-refractivity contribution in [1.29, 1.82) is 0 Å². The molecule has 0 heterocycles. The molecule has 1 amide bonds. The van der Waals surface area contributed by atoms with Crippen LogP contribution in [-0.4, -0.2) is 26.2 Å². The van der Waals surface area contributed by atoms with Crippen molar-refractivity contribution in [3.05, 3.63) is 48.0 Å². The molecule has 0 spiro atoms. The largest absolute Gasteiger partial charge is 0.493 e. The van der Waals surface area contributed by atoms with Gasteiger partial charge in [0.2, 0.25) is 0 Å². The number of alkyl halides is 2. The molecule has 0 aliphatic heterocycles. The molecule has 0 atom stereocenters. The van der Waals surface area contributed by atoms with E-state index in [1.165, 1.54) is 25.3 Å². The fourth-order valence-electron chi connectivity index (χ4n) is 2.05. The Balaban J connectivity index is 2.21. The van der Waals surface area contributed by atoms with Crippen LogP contribution < -0.4 is 19.5 Å². The average Bonchev–Trinajstić information content (AvgIpc) is 2.56. The number of hydrogen-bond acceptors (Lipinski definition) is 4. The minimum atomic E-state index is -2.98. The summed E-state index contributed by atoms with van der Waals surface area (Å²) in [5.41, 5.74) is 0.746. The SMILES string of the molecule is CCOc1ccccc1NC(=O)c1ccc(OC(F)F)c(OC)c1. The smallest absolute Gasteiger partial charge is 0.387 e. The maximum atomic E-state index is 12.4. The van der Waals surface area contributed by atoms with E-state index in [2.05, 4.69) is 10.1 Å². The Bertz CT molecular complexity index is 707. The first-order chi connectivity index (χ1) is 11.5. The van der Waals surface area contributed by atoms with Crippen LogP contribution in [0.25, 0.3) is 0 Å². The highest BCUT2D eigenvalue weighted by atomic mass is 19.3. The van der Waals surface area contributed by atoms with Gasteiger partial charge < -0.3 is 19.5 Å². The lowest BCUT2D eigenvalue weighted by Crippen LogP contribution is -2.13. The Labute approximate surface area is 138 Å². The lowest BCUT2D eigenvalue weighted by atomic mass is 10.1. The van der Waals surface area contributed by atoms with Crippen molar-refractivity contribution in [2.75, 3.05) is 19.0 Å². The first-order valence-corrected chi connectivity index (χ1v) is 7.21. The van der Waals surface area contributed by atoms with E-state index in [9.17, 15) is 13.6 Å². The van der Waals surface area contributed by atoms with Crippen LogP contribution in [0.3, 0.4) is 0 Å². The van der Waals surface area contributed by atoms with Crippen molar-refractivity contribution in [3.63, 3.8) is 0 Å². The summed E-state index contributed by atoms with van der Waals surface area (Å²) in [6.45, 7) is -0.678. The van der Waals surface area contributed by atoms with Crippen LogP contribution in [0.4, 0.5) is 14.5 Å². The minimum absolute atomic E-state index is 0.0426. The van der Waals surface area contributed by atoms with E-state index in [1.54, 1.807) is 24.3 Å². The molecule has 0 aliphatic carbocycles. The number of para-hydroxylation sites is 2. The van der Waals surface area contributed by atoms with Gasteiger partial charge >= 0.3 is 6.61 Å². The second kappa shape index (κ2) is 8.14. The molecule has 0 saturated heterocycles. The number of nitrogens with one attached hydrogen (secondary N) is 1. The first kappa shape index (κ1) is 17.5. The van der Waals surface area contributed by atoms with Crippen LogP contribution in [0.5, 0.6) is 17.2 Å². The molecule has 2 aromatic rings. The van der Waals surface area contributed by atoms with Gasteiger partial charge in [0.25, 0.3) is 5.91 Å². The number of carbonyl (C=O) groups excluding carboxylic acids is 1. The molecule has 0 aromatic heterocycles. The fourth-order valence-corrected chi connectivity index (χ4v) is 2.05. The molecule has 5 nitrogen and oxygen atoms in total. The predicted octanol–water partition coefficient (Wildman–Crippen LogP) is 3.95. The summed E-state index contributed by atoms with van der Waals surface area (Å²) in [7, 11) is 1.31. The monoisotopic (exact) mass is 337 g/mol. The third-order valence-corrected chi connectivity index (χ3v) is 3.08. The highest BCUT2D eigenvalue weighted by molar-refractivity contribution is 6.05. The zero-order valence-corrected chi connectivity index (χ0v) is 13.2. The summed E-state index contributed by atoms with van der Waals surface area (Å²) in [5, 5.41) is 2.71. The van der Waals surface area contributed by atoms with Gasteiger partial charge in [-0.25, -0.2) is 0 Å². The number of rotatable bonds is 7. The van der Waals surface area contributed by atoms with Crippen molar-refractivity contribution in [3.8, 4) is 17.2 Å². The maximum Gasteiger partial charge on any atom is 0.387 e. The van der Waals surface area contributed by atoms with E-state index in [-0.39, 0.29) is 17.1 Å². The standard InChI is InChI=1S/C17H17F2NO4/c1-3-23-13-7-5-4-6-12(13)20-16(21)11-8-9-14(24-17(18)19)15(10-11)22-2/h4-10,17H,3H2,1-2H3,(H,20,21). The Morgan fingerprint density at radius 1 is 1.12 bits per heavy atom. The highest BCUT2D eigenvalue weighted by Gasteiger charge is 2.15. The van der Waals surface area contributed by atoms with Crippen molar-refractivity contribution in [1.82, 2.24) is 0 Å². The Morgan fingerprint density at radius 3 is 2.54 bits per heavy atom. The summed E-state index contributed by atoms with van der Waals surface area (Å²) < 4.78 is 39.4. The second-order valence-electron chi connectivity index (χ2n) is 4.63. The third kappa shape index (κ3) is 4.34. The van der Waals surface area contributed by atoms with E-state index < -0.39 is 12.5 Å². The van der Waals surface area contributed by atoms with E-state index in [1.807, 2.05) is 6.92 Å². The van der Waals surface area contributed by atoms with E-state index in [4.69, 9.17) is 9.47 Å². The molecular weight excluding hydrogens is 320 g/mol. The summed E-state index contributed by atoms with van der Waals surface area (Å²) in [6.07, 6.45) is 0. The lowest BCUT2D eigenvalue weighted by molar-refractivity contribution is -0.0512. The van der Waals surface area contributed by atoms with E-state index in [0.717, 1.165) is 0 Å². The van der Waals surface area contributed by atoms with Gasteiger partial charge in [0.15, 0.2) is 11.5 Å². The minimum Gasteiger partial charge on any atom is -0.493 e. The molecule has 0 aliphatic rings. The molecule has 0 radical (unpaired) electrons. The van der Waals surface area contributed by atoms with Crippen molar-refractivity contribution in [2.45, 2.75) is 13.5 Å². The average molecular weight is 337 g/mol. The molecule has 24 heavy (non-hydrogen) atoms. The summed E-state index contributed by atoms with van der Waals surface area (Å²) in [5.74, 6) is 0.0156. The molecule has 0 bridgehead atoms. The van der Waals surface area contributed by atoms with Crippen LogP contribution in [0, 0.1) is 0 Å². The van der Waals surface area contributed by atoms with Crippen molar-refractivity contribution in [2.24, 2.45) is 0 Å². The van der Waals surface area contributed by atoms with Crippen LogP contribution in [0.1, 0.15) is 17.3 Å². The lowest BCUT2D eigenvalue weighted by Gasteiger charge is -2.13. The summed E-state index contributed by atoms with van der Waals surface area (Å²) in [6, 6.07) is 11.0. The van der Waals surface area contributed by atoms with E-state index in [0.29, 0.717) is 18.0 Å². The number of ether oxygens (including phenoxy) is 3. The molecular formula is C17H17F2NO4. The van der Waals surface area contributed by atoms with Gasteiger partial charge in [-0.1, -0.05) is 12.1 Å². The Hall–Kier alpha value is -2.83. The molecule has 0 saturated carbocycles. The summed E-state index contributed by atoms with van der Waals surface area (Å²) >= 11 is 0. The van der Waals surface area contributed by atoms with E-state index >= 15 is 0 Å². The fraction of sp³-hybridized carbons (Fsp3) is 0.235. The maximum absolute atomic E-state index is 12.4. The van der Waals surface area contributed by atoms with Crippen LogP contribution in [0.15, 0.2) is 42.5 Å². The zero-order chi connectivity index (χ0) is 17.5. The quantitative estimate of drug-likeness (QED) is 0.831. The molecule has 1 N–H and O–H groups in total. The Morgan fingerprint density at radius 2 is 1.88 bits per heavy atom. The van der Waals surface area contributed by atoms with Crippen LogP contribution in [0.2, 0.25) is 0 Å². The summed E-state index contributed by atoms with van der Waals surface area (Å²) in [4.78, 5) is 12.4. The van der Waals surface area contributed by atoms with Gasteiger partial charge in [-0.2, -0.15) is 8.78 Å². The number of carbonyl (C=O) groups is 1. The number of amides is 1. The number of hydrogen-bond donors (Lipinski definition) is 1. The highest BCUT2D eigenvalue weighted by Crippen LogP contribution is 2.30. The van der Waals surface area contributed by atoms with Crippen LogP contribution >= 0.6 is 0 Å². The molecule has 128 valence electrons. The van der Waals surface area contributed by atoms with Gasteiger partial charge in [-0.05, 0) is 37.3 Å². The number of benzene rings is 2. The topological polar surface area (TPSA) is 56.8 Å². The first-order valence-electron chi connectivity index (χ1n) is 7.21. The normalized spacial score (nSPS) is 10.4. The molecule has 7 heteroatoms. The molecule has 0 fully saturated rings. The van der Waals surface area contributed by atoms with Gasteiger partial charge in [0.05, 0.1) is 19.4 Å².